The van der Waals surface area contributed by atoms with E-state index in [1.165, 1.54) is 6.26 Å². The van der Waals surface area contributed by atoms with Gasteiger partial charge in [0.2, 0.25) is 0 Å². The summed E-state index contributed by atoms with van der Waals surface area (Å²) in [6.07, 6.45) is 2.13. The lowest BCUT2D eigenvalue weighted by Crippen LogP contribution is -2.08. The number of carbonyl (C=O) groups is 2. The minimum atomic E-state index is -0.117. The Balaban J connectivity index is 3.82. The number of hydrogen-bond donors (Lipinski definition) is 0. The van der Waals surface area contributed by atoms with Crippen molar-refractivity contribution in [2.45, 2.75) is 26.2 Å². The molecule has 0 fully saturated rings. The molecule has 0 radical (unpaired) electrons. The van der Waals surface area contributed by atoms with Crippen LogP contribution in [0.5, 0.6) is 0 Å². The molecule has 0 saturated heterocycles. The van der Waals surface area contributed by atoms with Crippen LogP contribution < -0.4 is 0 Å². The van der Waals surface area contributed by atoms with Gasteiger partial charge in [-0.05, 0) is 5.57 Å². The van der Waals surface area contributed by atoms with Gasteiger partial charge < -0.3 is 4.74 Å². The van der Waals surface area contributed by atoms with Crippen molar-refractivity contribution < 1.29 is 14.3 Å². The summed E-state index contributed by atoms with van der Waals surface area (Å²) in [6.45, 7) is 8.98. The highest BCUT2D eigenvalue weighted by atomic mass is 16.5. The first-order valence-electron chi connectivity index (χ1n) is 4.57. The van der Waals surface area contributed by atoms with Gasteiger partial charge in [0.1, 0.15) is 5.78 Å². The summed E-state index contributed by atoms with van der Waals surface area (Å²) >= 11 is 0. The number of rotatable bonds is 8. The van der Waals surface area contributed by atoms with Crippen LogP contribution in [0.2, 0.25) is 0 Å². The average Bonchev–Trinajstić information content (AvgIpc) is 2.17. The predicted molar refractivity (Wildman–Crippen MR) is 54.8 cm³/mol. The van der Waals surface area contributed by atoms with Crippen molar-refractivity contribution in [1.82, 2.24) is 0 Å². The van der Waals surface area contributed by atoms with Gasteiger partial charge in [-0.1, -0.05) is 20.1 Å². The molecule has 0 N–H and O–H groups in total. The molecular formula is C11H16O3. The molecule has 0 aromatic heterocycles. The number of hydrogen-bond acceptors (Lipinski definition) is 3. The van der Waals surface area contributed by atoms with Gasteiger partial charge in [0.05, 0.1) is 12.9 Å². The van der Waals surface area contributed by atoms with Crippen molar-refractivity contribution in [3.63, 3.8) is 0 Å². The molecule has 0 rings (SSSR count). The van der Waals surface area contributed by atoms with Gasteiger partial charge in [0, 0.05) is 19.3 Å². The van der Waals surface area contributed by atoms with E-state index in [1.54, 1.807) is 6.92 Å². The SMILES string of the molecule is C=COCCC(=O)C(=C)CC(=O)CC. The molecule has 0 saturated carbocycles. The smallest absolute Gasteiger partial charge is 0.162 e. The van der Waals surface area contributed by atoms with E-state index in [0.29, 0.717) is 18.6 Å². The van der Waals surface area contributed by atoms with E-state index in [0.717, 1.165) is 0 Å². The summed E-state index contributed by atoms with van der Waals surface area (Å²) < 4.78 is 4.80. The standard InChI is InChI=1S/C11H16O3/c1-4-10(12)8-9(3)11(13)6-7-14-5-2/h5H,2-4,6-8H2,1H3. The van der Waals surface area contributed by atoms with E-state index in [-0.39, 0.29) is 24.4 Å². The van der Waals surface area contributed by atoms with Gasteiger partial charge in [0.15, 0.2) is 5.78 Å². The Bertz CT molecular complexity index is 241. The van der Waals surface area contributed by atoms with Crippen LogP contribution in [0.4, 0.5) is 0 Å². The van der Waals surface area contributed by atoms with Gasteiger partial charge in [-0.2, -0.15) is 0 Å². The zero-order valence-electron chi connectivity index (χ0n) is 8.54. The zero-order chi connectivity index (χ0) is 11.0. The lowest BCUT2D eigenvalue weighted by atomic mass is 10.0. The highest BCUT2D eigenvalue weighted by Crippen LogP contribution is 2.05. The molecule has 3 nitrogen and oxygen atoms in total. The molecule has 78 valence electrons. The van der Waals surface area contributed by atoms with E-state index >= 15 is 0 Å². The van der Waals surface area contributed by atoms with Gasteiger partial charge in [-0.25, -0.2) is 0 Å². The molecule has 0 heterocycles. The number of ether oxygens (including phenoxy) is 1. The Hall–Kier alpha value is -1.38. The second-order valence-electron chi connectivity index (χ2n) is 2.88. The molecular weight excluding hydrogens is 180 g/mol. The summed E-state index contributed by atoms with van der Waals surface area (Å²) in [5, 5.41) is 0. The first-order chi connectivity index (χ1) is 6.61. The summed E-state index contributed by atoms with van der Waals surface area (Å²) in [5.41, 5.74) is 0.365. The van der Waals surface area contributed by atoms with E-state index < -0.39 is 0 Å². The third-order valence-electron chi connectivity index (χ3n) is 1.76. The van der Waals surface area contributed by atoms with Crippen molar-refractivity contribution >= 4 is 11.6 Å². The van der Waals surface area contributed by atoms with Crippen LogP contribution in [-0.2, 0) is 14.3 Å². The van der Waals surface area contributed by atoms with Gasteiger partial charge in [0.25, 0.3) is 0 Å². The molecule has 0 aliphatic heterocycles. The Morgan fingerprint density at radius 2 is 2.07 bits per heavy atom. The summed E-state index contributed by atoms with van der Waals surface area (Å²) in [6, 6.07) is 0. The summed E-state index contributed by atoms with van der Waals surface area (Å²) in [5.74, 6) is -0.0818. The maximum atomic E-state index is 11.3. The Morgan fingerprint density at radius 3 is 2.57 bits per heavy atom. The molecule has 0 atom stereocenters. The minimum Gasteiger partial charge on any atom is -0.501 e. The maximum Gasteiger partial charge on any atom is 0.162 e. The van der Waals surface area contributed by atoms with Gasteiger partial charge >= 0.3 is 0 Å². The van der Waals surface area contributed by atoms with Crippen molar-refractivity contribution in [2.75, 3.05) is 6.61 Å². The van der Waals surface area contributed by atoms with Crippen LogP contribution in [0.15, 0.2) is 25.0 Å². The number of ketones is 2. The van der Waals surface area contributed by atoms with E-state index in [9.17, 15) is 9.59 Å². The van der Waals surface area contributed by atoms with Crippen molar-refractivity contribution in [1.29, 1.82) is 0 Å². The topological polar surface area (TPSA) is 43.4 Å². The van der Waals surface area contributed by atoms with Crippen molar-refractivity contribution in [3.8, 4) is 0 Å². The highest BCUT2D eigenvalue weighted by molar-refractivity contribution is 5.99. The fraction of sp³-hybridized carbons (Fsp3) is 0.455. The number of allylic oxidation sites excluding steroid dienone is 1. The summed E-state index contributed by atoms with van der Waals surface area (Å²) in [4.78, 5) is 22.3. The molecule has 3 heteroatoms. The Labute approximate surface area is 84.4 Å². The molecule has 0 amide bonds. The predicted octanol–water partition coefficient (Wildman–Crippen LogP) is 2.03. The molecule has 0 bridgehead atoms. The molecule has 0 aliphatic rings. The number of Topliss-reactive ketones (excluding diaryl/α,β-unsaturated/α-hetero) is 2. The fourth-order valence-electron chi connectivity index (χ4n) is 0.873. The van der Waals surface area contributed by atoms with Crippen molar-refractivity contribution in [2.24, 2.45) is 0 Å². The van der Waals surface area contributed by atoms with E-state index in [4.69, 9.17) is 4.74 Å². The van der Waals surface area contributed by atoms with E-state index in [1.807, 2.05) is 0 Å². The van der Waals surface area contributed by atoms with Crippen molar-refractivity contribution in [3.05, 3.63) is 25.0 Å². The largest absolute Gasteiger partial charge is 0.501 e. The van der Waals surface area contributed by atoms with Crippen LogP contribution >= 0.6 is 0 Å². The van der Waals surface area contributed by atoms with Crippen LogP contribution in [0, 0.1) is 0 Å². The molecule has 0 aromatic rings. The normalized spacial score (nSPS) is 9.21. The first kappa shape index (κ1) is 12.6. The lowest BCUT2D eigenvalue weighted by molar-refractivity contribution is -0.121. The van der Waals surface area contributed by atoms with Gasteiger partial charge in [-0.3, -0.25) is 9.59 Å². The third-order valence-corrected chi connectivity index (χ3v) is 1.76. The van der Waals surface area contributed by atoms with Gasteiger partial charge in [-0.15, -0.1) is 0 Å². The summed E-state index contributed by atoms with van der Waals surface area (Å²) in [7, 11) is 0. The van der Waals surface area contributed by atoms with E-state index in [2.05, 4.69) is 13.2 Å². The lowest BCUT2D eigenvalue weighted by Gasteiger charge is -2.03. The average molecular weight is 196 g/mol. The van der Waals surface area contributed by atoms with Crippen LogP contribution in [-0.4, -0.2) is 18.2 Å². The molecule has 0 spiro atoms. The quantitative estimate of drug-likeness (QED) is 0.339. The first-order valence-corrected chi connectivity index (χ1v) is 4.57. The van der Waals surface area contributed by atoms with Crippen LogP contribution in [0.3, 0.4) is 0 Å². The second-order valence-corrected chi connectivity index (χ2v) is 2.88. The van der Waals surface area contributed by atoms with Crippen LogP contribution in [0.1, 0.15) is 26.2 Å². The number of carbonyl (C=O) groups excluding carboxylic acids is 2. The second kappa shape index (κ2) is 7.06. The maximum absolute atomic E-state index is 11.3. The molecule has 0 unspecified atom stereocenters. The zero-order valence-corrected chi connectivity index (χ0v) is 8.54. The molecule has 0 aromatic carbocycles. The third kappa shape index (κ3) is 5.30. The highest BCUT2D eigenvalue weighted by Gasteiger charge is 2.10. The fourth-order valence-corrected chi connectivity index (χ4v) is 0.873. The Morgan fingerprint density at radius 1 is 1.43 bits per heavy atom. The monoisotopic (exact) mass is 196 g/mol. The molecule has 0 aliphatic carbocycles. The minimum absolute atomic E-state index is 0.0352. The molecule has 14 heavy (non-hydrogen) atoms. The van der Waals surface area contributed by atoms with Crippen LogP contribution in [0.25, 0.3) is 0 Å². The Kier molecular flexibility index (Phi) is 6.37.